The molecule has 6 heteroatoms. The van der Waals surface area contributed by atoms with Gasteiger partial charge in [-0.05, 0) is 31.2 Å². The van der Waals surface area contributed by atoms with E-state index in [4.69, 9.17) is 15.7 Å². The van der Waals surface area contributed by atoms with Gasteiger partial charge in [0.2, 0.25) is 0 Å². The fourth-order valence-electron chi connectivity index (χ4n) is 1.07. The van der Waals surface area contributed by atoms with Crippen molar-refractivity contribution in [1.82, 2.24) is 0 Å². The van der Waals surface area contributed by atoms with Gasteiger partial charge in [-0.2, -0.15) is 0 Å². The van der Waals surface area contributed by atoms with E-state index < -0.39 is 6.09 Å². The van der Waals surface area contributed by atoms with Crippen molar-refractivity contribution in [3.05, 3.63) is 29.8 Å². The van der Waals surface area contributed by atoms with Crippen molar-refractivity contribution in [3.8, 4) is 0 Å². The quantitative estimate of drug-likeness (QED) is 0.312. The molecule has 0 atom stereocenters. The average Bonchev–Trinajstić information content (AvgIpc) is 2.29. The van der Waals surface area contributed by atoms with Gasteiger partial charge >= 0.3 is 6.09 Å². The molecule has 0 unspecified atom stereocenters. The highest BCUT2D eigenvalue weighted by Gasteiger charge is 2.02. The number of carbonyl (C=O) groups excluding carboxylic acids is 1. The number of benzene rings is 1. The summed E-state index contributed by atoms with van der Waals surface area (Å²) in [6.45, 7) is 2.04. The highest BCUT2D eigenvalue weighted by Crippen LogP contribution is 2.09. The Labute approximate surface area is 92.7 Å². The van der Waals surface area contributed by atoms with Gasteiger partial charge in [-0.3, -0.25) is 5.32 Å². The van der Waals surface area contributed by atoms with Crippen LogP contribution in [0.3, 0.4) is 0 Å². The highest BCUT2D eigenvalue weighted by molar-refractivity contribution is 5.97. The summed E-state index contributed by atoms with van der Waals surface area (Å²) < 4.78 is 4.71. The number of hydrogen-bond acceptors (Lipinski definition) is 4. The van der Waals surface area contributed by atoms with Crippen molar-refractivity contribution < 1.29 is 14.7 Å². The molecule has 0 radical (unpaired) electrons. The predicted molar refractivity (Wildman–Crippen MR) is 59.6 cm³/mol. The van der Waals surface area contributed by atoms with E-state index in [1.807, 2.05) is 0 Å². The van der Waals surface area contributed by atoms with Crippen LogP contribution in [-0.2, 0) is 4.74 Å². The molecule has 1 amide bonds. The zero-order valence-electron chi connectivity index (χ0n) is 8.80. The lowest BCUT2D eigenvalue weighted by atomic mass is 10.2. The number of oxime groups is 1. The molecule has 0 spiro atoms. The second kappa shape index (κ2) is 5.59. The Kier molecular flexibility index (Phi) is 4.14. The van der Waals surface area contributed by atoms with Crippen molar-refractivity contribution >= 4 is 17.6 Å². The second-order valence-corrected chi connectivity index (χ2v) is 2.91. The Hall–Kier alpha value is -2.24. The molecule has 0 aromatic heterocycles. The summed E-state index contributed by atoms with van der Waals surface area (Å²) in [5.41, 5.74) is 6.52. The first-order valence-electron chi connectivity index (χ1n) is 4.69. The molecule has 0 aliphatic carbocycles. The van der Waals surface area contributed by atoms with Crippen molar-refractivity contribution in [2.75, 3.05) is 11.9 Å². The number of hydrogen-bond donors (Lipinski definition) is 3. The Morgan fingerprint density at radius 3 is 2.62 bits per heavy atom. The van der Waals surface area contributed by atoms with Gasteiger partial charge in [-0.15, -0.1) is 0 Å². The lowest BCUT2D eigenvalue weighted by Gasteiger charge is -2.05. The Balaban J connectivity index is 2.68. The summed E-state index contributed by atoms with van der Waals surface area (Å²) in [5.74, 6) is 0.0164. The normalized spacial score (nSPS) is 10.9. The van der Waals surface area contributed by atoms with Gasteiger partial charge in [0.05, 0.1) is 6.61 Å². The molecule has 0 aliphatic heterocycles. The van der Waals surface area contributed by atoms with Crippen LogP contribution in [0.2, 0.25) is 0 Å². The first-order valence-corrected chi connectivity index (χ1v) is 4.69. The minimum Gasteiger partial charge on any atom is -0.450 e. The van der Waals surface area contributed by atoms with Crippen LogP contribution in [0, 0.1) is 0 Å². The predicted octanol–water partition coefficient (Wildman–Crippen LogP) is 1.35. The van der Waals surface area contributed by atoms with Gasteiger partial charge in [0.15, 0.2) is 5.84 Å². The number of amidine groups is 1. The zero-order chi connectivity index (χ0) is 12.0. The second-order valence-electron chi connectivity index (χ2n) is 2.91. The van der Waals surface area contributed by atoms with E-state index in [0.29, 0.717) is 17.9 Å². The molecule has 0 fully saturated rings. The number of amides is 1. The van der Waals surface area contributed by atoms with Gasteiger partial charge < -0.3 is 15.7 Å². The lowest BCUT2D eigenvalue weighted by Crippen LogP contribution is -2.15. The molecule has 16 heavy (non-hydrogen) atoms. The molecule has 0 aliphatic rings. The number of anilines is 1. The number of nitrogens with zero attached hydrogens (tertiary/aromatic N) is 1. The largest absolute Gasteiger partial charge is 0.450 e. The van der Waals surface area contributed by atoms with Gasteiger partial charge in [0, 0.05) is 11.3 Å². The molecular weight excluding hydrogens is 210 g/mol. The zero-order valence-corrected chi connectivity index (χ0v) is 8.80. The molecule has 86 valence electrons. The van der Waals surface area contributed by atoms with Gasteiger partial charge in [0.1, 0.15) is 0 Å². The minimum atomic E-state index is -0.515. The third-order valence-electron chi connectivity index (χ3n) is 1.81. The third kappa shape index (κ3) is 3.16. The first kappa shape index (κ1) is 11.8. The van der Waals surface area contributed by atoms with E-state index in [1.54, 1.807) is 31.2 Å². The fourth-order valence-corrected chi connectivity index (χ4v) is 1.07. The number of ether oxygens (including phenoxy) is 1. The molecule has 4 N–H and O–H groups in total. The molecule has 0 saturated heterocycles. The molecule has 1 aromatic rings. The topological polar surface area (TPSA) is 96.9 Å². The van der Waals surface area contributed by atoms with Crippen LogP contribution < -0.4 is 11.1 Å². The number of nitrogens with two attached hydrogens (primary N) is 1. The first-order chi connectivity index (χ1) is 7.67. The van der Waals surface area contributed by atoms with Crippen molar-refractivity contribution in [1.29, 1.82) is 0 Å². The van der Waals surface area contributed by atoms with Gasteiger partial charge in [0.25, 0.3) is 0 Å². The molecular formula is C10H13N3O3. The summed E-state index contributed by atoms with van der Waals surface area (Å²) in [6.07, 6.45) is -0.515. The van der Waals surface area contributed by atoms with Crippen molar-refractivity contribution in [3.63, 3.8) is 0 Å². The highest BCUT2D eigenvalue weighted by atomic mass is 16.5. The molecule has 1 aromatic carbocycles. The molecule has 0 heterocycles. The van der Waals surface area contributed by atoms with E-state index in [9.17, 15) is 4.79 Å². The Bertz CT molecular complexity index is 387. The van der Waals surface area contributed by atoms with Crippen LogP contribution in [0.15, 0.2) is 29.4 Å². The maximum absolute atomic E-state index is 11.1. The summed E-state index contributed by atoms with van der Waals surface area (Å²) in [4.78, 5) is 11.1. The van der Waals surface area contributed by atoms with Crippen LogP contribution in [-0.4, -0.2) is 23.7 Å². The monoisotopic (exact) mass is 223 g/mol. The van der Waals surface area contributed by atoms with E-state index in [0.717, 1.165) is 0 Å². The van der Waals surface area contributed by atoms with E-state index in [1.165, 1.54) is 0 Å². The smallest absolute Gasteiger partial charge is 0.411 e. The molecule has 0 saturated carbocycles. The maximum atomic E-state index is 11.1. The SMILES string of the molecule is CCOC(=O)Nc1ccc(/C(N)=N/O)cc1. The van der Waals surface area contributed by atoms with E-state index in [2.05, 4.69) is 10.5 Å². The summed E-state index contributed by atoms with van der Waals surface area (Å²) in [5, 5.41) is 13.8. The Morgan fingerprint density at radius 1 is 1.50 bits per heavy atom. The number of carbonyl (C=O) groups is 1. The number of rotatable bonds is 3. The van der Waals surface area contributed by atoms with Gasteiger partial charge in [-0.1, -0.05) is 5.16 Å². The molecule has 1 rings (SSSR count). The average molecular weight is 223 g/mol. The summed E-state index contributed by atoms with van der Waals surface area (Å²) in [7, 11) is 0. The lowest BCUT2D eigenvalue weighted by molar-refractivity contribution is 0.168. The minimum absolute atomic E-state index is 0.0164. The van der Waals surface area contributed by atoms with Gasteiger partial charge in [-0.25, -0.2) is 4.79 Å². The van der Waals surface area contributed by atoms with Crippen LogP contribution in [0.25, 0.3) is 0 Å². The van der Waals surface area contributed by atoms with Crippen LogP contribution >= 0.6 is 0 Å². The van der Waals surface area contributed by atoms with Crippen LogP contribution in [0.5, 0.6) is 0 Å². The van der Waals surface area contributed by atoms with Crippen LogP contribution in [0.4, 0.5) is 10.5 Å². The molecule has 6 nitrogen and oxygen atoms in total. The van der Waals surface area contributed by atoms with Crippen molar-refractivity contribution in [2.24, 2.45) is 10.9 Å². The van der Waals surface area contributed by atoms with Crippen molar-refractivity contribution in [2.45, 2.75) is 6.92 Å². The summed E-state index contributed by atoms with van der Waals surface area (Å²) >= 11 is 0. The van der Waals surface area contributed by atoms with E-state index in [-0.39, 0.29) is 5.84 Å². The maximum Gasteiger partial charge on any atom is 0.411 e. The number of nitrogens with one attached hydrogen (secondary N) is 1. The van der Waals surface area contributed by atoms with E-state index >= 15 is 0 Å². The Morgan fingerprint density at radius 2 is 2.12 bits per heavy atom. The fraction of sp³-hybridized carbons (Fsp3) is 0.200. The van der Waals surface area contributed by atoms with Crippen LogP contribution in [0.1, 0.15) is 12.5 Å². The third-order valence-corrected chi connectivity index (χ3v) is 1.81. The molecule has 0 bridgehead atoms. The standard InChI is InChI=1S/C10H13N3O3/c1-2-16-10(14)12-8-5-3-7(4-6-8)9(11)13-15/h3-6,15H,2H2,1H3,(H2,11,13)(H,12,14). The summed E-state index contributed by atoms with van der Waals surface area (Å²) in [6, 6.07) is 6.50.